The summed E-state index contributed by atoms with van der Waals surface area (Å²) in [6.07, 6.45) is 4.70. The maximum absolute atomic E-state index is 5.68. The molecule has 20 heavy (non-hydrogen) atoms. The summed E-state index contributed by atoms with van der Waals surface area (Å²) in [5.41, 5.74) is 7.01. The quantitative estimate of drug-likeness (QED) is 0.850. The maximum atomic E-state index is 5.68. The van der Waals surface area contributed by atoms with Crippen LogP contribution >= 0.6 is 0 Å². The lowest BCUT2D eigenvalue weighted by molar-refractivity contribution is 0.315. The lowest BCUT2D eigenvalue weighted by Gasteiger charge is -2.27. The summed E-state index contributed by atoms with van der Waals surface area (Å²) in [5, 5.41) is 3.57. The van der Waals surface area contributed by atoms with Crippen molar-refractivity contribution in [3.63, 3.8) is 0 Å². The van der Waals surface area contributed by atoms with E-state index in [9.17, 15) is 0 Å². The molecule has 0 aliphatic rings. The Morgan fingerprint density at radius 3 is 2.60 bits per heavy atom. The average molecular weight is 272 g/mol. The third-order valence-electron chi connectivity index (χ3n) is 3.79. The molecule has 0 radical (unpaired) electrons. The molecule has 0 bridgehead atoms. The molecular formula is C16H24N4. The van der Waals surface area contributed by atoms with Gasteiger partial charge in [0.15, 0.2) is 0 Å². The molecule has 1 heterocycles. The van der Waals surface area contributed by atoms with Crippen LogP contribution in [-0.4, -0.2) is 16.1 Å². The molecule has 0 aliphatic carbocycles. The van der Waals surface area contributed by atoms with Gasteiger partial charge in [0.2, 0.25) is 0 Å². The zero-order valence-electron chi connectivity index (χ0n) is 12.5. The second-order valence-electron chi connectivity index (χ2n) is 5.85. The summed E-state index contributed by atoms with van der Waals surface area (Å²) in [7, 11) is 0. The van der Waals surface area contributed by atoms with E-state index in [-0.39, 0.29) is 5.54 Å². The van der Waals surface area contributed by atoms with Gasteiger partial charge >= 0.3 is 0 Å². The van der Waals surface area contributed by atoms with Crippen molar-refractivity contribution in [2.45, 2.75) is 38.8 Å². The van der Waals surface area contributed by atoms with Gasteiger partial charge in [0.25, 0.3) is 0 Å². The van der Waals surface area contributed by atoms with Crippen LogP contribution in [0.5, 0.6) is 0 Å². The summed E-state index contributed by atoms with van der Waals surface area (Å²) in [4.78, 5) is 4.09. The van der Waals surface area contributed by atoms with Gasteiger partial charge in [0.1, 0.15) is 5.82 Å². The smallest absolute Gasteiger partial charge is 0.141 e. The van der Waals surface area contributed by atoms with Crippen LogP contribution in [0.3, 0.4) is 0 Å². The molecule has 1 atom stereocenters. The zero-order chi connectivity index (χ0) is 14.6. The van der Waals surface area contributed by atoms with Crippen LogP contribution in [0.1, 0.15) is 38.8 Å². The fourth-order valence-corrected chi connectivity index (χ4v) is 2.25. The molecule has 0 fully saturated rings. The number of nitrogens with two attached hydrogens (primary N) is 1. The van der Waals surface area contributed by atoms with Crippen molar-refractivity contribution in [3.8, 4) is 0 Å². The Morgan fingerprint density at radius 1 is 1.30 bits per heavy atom. The summed E-state index contributed by atoms with van der Waals surface area (Å²) >= 11 is 0. The van der Waals surface area contributed by atoms with Crippen molar-refractivity contribution >= 4 is 5.82 Å². The predicted molar refractivity (Wildman–Crippen MR) is 83.4 cm³/mol. The van der Waals surface area contributed by atoms with Crippen molar-refractivity contribution in [2.24, 2.45) is 0 Å². The Hall–Kier alpha value is -1.81. The van der Waals surface area contributed by atoms with Gasteiger partial charge in [-0.05, 0) is 39.3 Å². The molecule has 0 saturated carbocycles. The molecule has 4 heteroatoms. The SMILES string of the molecule is C[C@@H](NCCC(C)(C)n1cnc(N)c1)c1ccccc1. The van der Waals surface area contributed by atoms with Gasteiger partial charge < -0.3 is 15.6 Å². The van der Waals surface area contributed by atoms with Crippen LogP contribution in [0.25, 0.3) is 0 Å². The minimum absolute atomic E-state index is 0.00796. The molecule has 1 aromatic carbocycles. The van der Waals surface area contributed by atoms with E-state index in [1.807, 2.05) is 12.3 Å². The second-order valence-corrected chi connectivity index (χ2v) is 5.85. The number of nitrogens with one attached hydrogen (secondary N) is 1. The normalized spacial score (nSPS) is 13.3. The molecule has 2 rings (SSSR count). The summed E-state index contributed by atoms with van der Waals surface area (Å²) < 4.78 is 2.08. The zero-order valence-corrected chi connectivity index (χ0v) is 12.5. The molecule has 0 amide bonds. The van der Waals surface area contributed by atoms with Gasteiger partial charge in [0.05, 0.1) is 6.33 Å². The number of hydrogen-bond acceptors (Lipinski definition) is 3. The Kier molecular flexibility index (Phi) is 4.45. The molecule has 0 spiro atoms. The van der Waals surface area contributed by atoms with E-state index in [0.29, 0.717) is 11.9 Å². The third-order valence-corrected chi connectivity index (χ3v) is 3.79. The molecule has 0 saturated heterocycles. The summed E-state index contributed by atoms with van der Waals surface area (Å²) in [6, 6.07) is 10.9. The molecule has 1 aromatic heterocycles. The van der Waals surface area contributed by atoms with Crippen LogP contribution in [0.15, 0.2) is 42.9 Å². The number of imidazole rings is 1. The molecule has 3 N–H and O–H groups in total. The largest absolute Gasteiger partial charge is 0.382 e. The van der Waals surface area contributed by atoms with Crippen molar-refractivity contribution in [1.29, 1.82) is 0 Å². The second kappa shape index (κ2) is 6.09. The molecule has 0 unspecified atom stereocenters. The topological polar surface area (TPSA) is 55.9 Å². The Bertz CT molecular complexity index is 530. The van der Waals surface area contributed by atoms with Crippen LogP contribution in [-0.2, 0) is 5.54 Å². The lowest BCUT2D eigenvalue weighted by Crippen LogP contribution is -2.31. The highest BCUT2D eigenvalue weighted by Gasteiger charge is 2.20. The number of nitrogen functional groups attached to an aromatic ring is 1. The van der Waals surface area contributed by atoms with Crippen LogP contribution in [0, 0.1) is 0 Å². The van der Waals surface area contributed by atoms with E-state index in [2.05, 4.69) is 59.9 Å². The fourth-order valence-electron chi connectivity index (χ4n) is 2.25. The van der Waals surface area contributed by atoms with Crippen LogP contribution in [0.2, 0.25) is 0 Å². The minimum Gasteiger partial charge on any atom is -0.382 e. The highest BCUT2D eigenvalue weighted by Crippen LogP contribution is 2.20. The molecular weight excluding hydrogens is 248 g/mol. The average Bonchev–Trinajstić information content (AvgIpc) is 2.87. The monoisotopic (exact) mass is 272 g/mol. The highest BCUT2D eigenvalue weighted by atomic mass is 15.1. The van der Waals surface area contributed by atoms with Gasteiger partial charge in [-0.2, -0.15) is 0 Å². The standard InChI is InChI=1S/C16H24N4/c1-13(14-7-5-4-6-8-14)18-10-9-16(2,3)20-11-15(17)19-12-20/h4-8,11-13,18H,9-10,17H2,1-3H3/t13-/m1/s1. The van der Waals surface area contributed by atoms with Gasteiger partial charge in [-0.25, -0.2) is 4.98 Å². The van der Waals surface area contributed by atoms with E-state index >= 15 is 0 Å². The number of hydrogen-bond donors (Lipinski definition) is 2. The van der Waals surface area contributed by atoms with E-state index in [0.717, 1.165) is 13.0 Å². The number of rotatable bonds is 6. The van der Waals surface area contributed by atoms with Crippen LogP contribution < -0.4 is 11.1 Å². The predicted octanol–water partition coefficient (Wildman–Crippen LogP) is 2.94. The molecule has 108 valence electrons. The van der Waals surface area contributed by atoms with Crippen molar-refractivity contribution in [1.82, 2.24) is 14.9 Å². The van der Waals surface area contributed by atoms with Crippen LogP contribution in [0.4, 0.5) is 5.82 Å². The Morgan fingerprint density at radius 2 is 2.00 bits per heavy atom. The van der Waals surface area contributed by atoms with Gasteiger partial charge in [-0.15, -0.1) is 0 Å². The number of aromatic nitrogens is 2. The first kappa shape index (κ1) is 14.6. The molecule has 4 nitrogen and oxygen atoms in total. The number of anilines is 1. The van der Waals surface area contributed by atoms with Gasteiger partial charge in [-0.1, -0.05) is 30.3 Å². The fraction of sp³-hybridized carbons (Fsp3) is 0.438. The van der Waals surface area contributed by atoms with Gasteiger partial charge in [0, 0.05) is 17.8 Å². The van der Waals surface area contributed by atoms with Crippen molar-refractivity contribution < 1.29 is 0 Å². The summed E-state index contributed by atoms with van der Waals surface area (Å²) in [6.45, 7) is 7.53. The lowest BCUT2D eigenvalue weighted by atomic mass is 10.00. The first-order chi connectivity index (χ1) is 9.49. The van der Waals surface area contributed by atoms with Crippen molar-refractivity contribution in [2.75, 3.05) is 12.3 Å². The van der Waals surface area contributed by atoms with Gasteiger partial charge in [-0.3, -0.25) is 0 Å². The molecule has 2 aromatic rings. The number of benzene rings is 1. The van der Waals surface area contributed by atoms with E-state index < -0.39 is 0 Å². The van der Waals surface area contributed by atoms with E-state index in [1.54, 1.807) is 6.33 Å². The Balaban J connectivity index is 1.86. The highest BCUT2D eigenvalue weighted by molar-refractivity contribution is 5.23. The number of nitrogens with zero attached hydrogens (tertiary/aromatic N) is 2. The first-order valence-electron chi connectivity index (χ1n) is 7.07. The minimum atomic E-state index is 0.00796. The third kappa shape index (κ3) is 3.61. The van der Waals surface area contributed by atoms with E-state index in [4.69, 9.17) is 5.73 Å². The molecule has 0 aliphatic heterocycles. The summed E-state index contributed by atoms with van der Waals surface area (Å²) in [5.74, 6) is 0.573. The first-order valence-corrected chi connectivity index (χ1v) is 7.07. The van der Waals surface area contributed by atoms with Crippen molar-refractivity contribution in [3.05, 3.63) is 48.4 Å². The van der Waals surface area contributed by atoms with E-state index in [1.165, 1.54) is 5.56 Å². The maximum Gasteiger partial charge on any atom is 0.141 e. The Labute approximate surface area is 121 Å².